The second-order valence-corrected chi connectivity index (χ2v) is 6.60. The molecule has 1 aromatic carbocycles. The van der Waals surface area contributed by atoms with Crippen molar-refractivity contribution in [2.45, 2.75) is 0 Å². The summed E-state index contributed by atoms with van der Waals surface area (Å²) < 4.78 is 11.7. The summed E-state index contributed by atoms with van der Waals surface area (Å²) in [5, 5.41) is 0.794. The van der Waals surface area contributed by atoms with Gasteiger partial charge < -0.3 is 10.3 Å². The van der Waals surface area contributed by atoms with Crippen LogP contribution in [0.5, 0.6) is 0 Å². The van der Waals surface area contributed by atoms with E-state index in [4.69, 9.17) is 5.73 Å². The fourth-order valence-corrected chi connectivity index (χ4v) is 2.33. The van der Waals surface area contributed by atoms with Gasteiger partial charge in [-0.3, -0.25) is 0 Å². The molecule has 1 aromatic rings. The molecule has 0 bridgehead atoms. The molecule has 0 spiro atoms. The van der Waals surface area contributed by atoms with Gasteiger partial charge >= 0.3 is 0 Å². The molecule has 12 heavy (non-hydrogen) atoms. The van der Waals surface area contributed by atoms with Crippen LogP contribution in [0.1, 0.15) is 0 Å². The summed E-state index contributed by atoms with van der Waals surface area (Å²) in [4.78, 5) is 0. The third-order valence-electron chi connectivity index (χ3n) is 1.77. The first kappa shape index (κ1) is 9.40. The molecule has 0 radical (unpaired) electrons. The van der Waals surface area contributed by atoms with E-state index in [-0.39, 0.29) is 0 Å². The van der Waals surface area contributed by atoms with E-state index in [9.17, 15) is 4.57 Å². The highest BCUT2D eigenvalue weighted by atomic mass is 31.2. The molecule has 0 unspecified atom stereocenters. The van der Waals surface area contributed by atoms with E-state index in [1.165, 1.54) is 0 Å². The second-order valence-electron chi connectivity index (χ2n) is 3.41. The molecule has 0 amide bonds. The van der Waals surface area contributed by atoms with Gasteiger partial charge in [0.05, 0.1) is 0 Å². The number of hydrogen-bond donors (Lipinski definition) is 1. The van der Waals surface area contributed by atoms with Crippen molar-refractivity contribution in [1.29, 1.82) is 0 Å². The Kier molecular flexibility index (Phi) is 2.34. The number of benzene rings is 1. The van der Waals surface area contributed by atoms with E-state index in [0.29, 0.717) is 5.69 Å². The second kappa shape index (κ2) is 2.99. The first-order valence-electron chi connectivity index (χ1n) is 3.83. The van der Waals surface area contributed by atoms with Gasteiger partial charge in [-0.2, -0.15) is 0 Å². The van der Waals surface area contributed by atoms with Gasteiger partial charge in [-0.15, -0.1) is 0 Å². The molecule has 0 aliphatic heterocycles. The standard InChI is InChI=1S/C8H13BNOP/c1-12(2,11)8-5-6(9)3-4-7(8)10/h3-5H,9-10H2,1-2H3. The molecule has 0 fully saturated rings. The van der Waals surface area contributed by atoms with Crippen LogP contribution < -0.4 is 16.5 Å². The fourth-order valence-electron chi connectivity index (χ4n) is 1.12. The molecule has 64 valence electrons. The van der Waals surface area contributed by atoms with Crippen LogP contribution in [0.25, 0.3) is 0 Å². The van der Waals surface area contributed by atoms with Gasteiger partial charge in [-0.05, 0) is 19.4 Å². The first-order valence-corrected chi connectivity index (χ1v) is 6.43. The molecular weight excluding hydrogens is 168 g/mol. The Balaban J connectivity index is 3.33. The van der Waals surface area contributed by atoms with E-state index in [1.54, 1.807) is 13.3 Å². The Morgan fingerprint density at radius 3 is 2.42 bits per heavy atom. The van der Waals surface area contributed by atoms with Crippen LogP contribution in [0, 0.1) is 0 Å². The molecule has 1 rings (SSSR count). The lowest BCUT2D eigenvalue weighted by Crippen LogP contribution is -2.16. The molecule has 0 aliphatic carbocycles. The minimum Gasteiger partial charge on any atom is -0.398 e. The van der Waals surface area contributed by atoms with Crippen molar-refractivity contribution in [2.75, 3.05) is 19.1 Å². The average molecular weight is 181 g/mol. The predicted molar refractivity (Wildman–Crippen MR) is 58.1 cm³/mol. The zero-order valence-electron chi connectivity index (χ0n) is 7.66. The van der Waals surface area contributed by atoms with E-state index in [2.05, 4.69) is 0 Å². The summed E-state index contributed by atoms with van der Waals surface area (Å²) in [5.74, 6) is 0. The number of hydrogen-bond acceptors (Lipinski definition) is 2. The molecule has 0 aromatic heterocycles. The Hall–Kier alpha value is -0.685. The van der Waals surface area contributed by atoms with Crippen molar-refractivity contribution in [2.24, 2.45) is 0 Å². The van der Waals surface area contributed by atoms with Gasteiger partial charge in [-0.1, -0.05) is 17.6 Å². The fraction of sp³-hybridized carbons (Fsp3) is 0.250. The number of anilines is 1. The molecule has 0 saturated heterocycles. The third-order valence-corrected chi connectivity index (χ3v) is 3.31. The minimum absolute atomic E-state index is 0.633. The van der Waals surface area contributed by atoms with E-state index in [0.717, 1.165) is 10.8 Å². The highest BCUT2D eigenvalue weighted by molar-refractivity contribution is 7.70. The predicted octanol–water partition coefficient (Wildman–Crippen LogP) is -0.225. The lowest BCUT2D eigenvalue weighted by Gasteiger charge is -2.10. The maximum absolute atomic E-state index is 11.7. The molecule has 0 aliphatic rings. The maximum atomic E-state index is 11.7. The summed E-state index contributed by atoms with van der Waals surface area (Å²) in [6.07, 6.45) is 0. The van der Waals surface area contributed by atoms with Crippen LogP contribution in [0.4, 0.5) is 5.69 Å². The summed E-state index contributed by atoms with van der Waals surface area (Å²) in [7, 11) is -0.237. The molecular formula is C8H13BNOP. The zero-order valence-corrected chi connectivity index (χ0v) is 8.56. The van der Waals surface area contributed by atoms with Crippen LogP contribution >= 0.6 is 7.14 Å². The van der Waals surface area contributed by atoms with Crippen LogP contribution in [-0.4, -0.2) is 21.2 Å². The molecule has 2 N–H and O–H groups in total. The van der Waals surface area contributed by atoms with E-state index in [1.807, 2.05) is 26.0 Å². The van der Waals surface area contributed by atoms with Gasteiger partial charge in [0.1, 0.15) is 15.0 Å². The van der Waals surface area contributed by atoms with Crippen molar-refractivity contribution >= 4 is 31.4 Å². The van der Waals surface area contributed by atoms with Gasteiger partial charge in [0, 0.05) is 11.0 Å². The summed E-state index contributed by atoms with van der Waals surface area (Å²) in [6.45, 7) is 3.47. The van der Waals surface area contributed by atoms with Crippen molar-refractivity contribution in [3.05, 3.63) is 18.2 Å². The number of nitrogen functional groups attached to an aromatic ring is 1. The first-order chi connectivity index (χ1) is 5.41. The quantitative estimate of drug-likeness (QED) is 0.369. The van der Waals surface area contributed by atoms with Gasteiger partial charge in [0.2, 0.25) is 0 Å². The van der Waals surface area contributed by atoms with Crippen molar-refractivity contribution in [1.82, 2.24) is 0 Å². The average Bonchev–Trinajstić information content (AvgIpc) is 1.92. The lowest BCUT2D eigenvalue weighted by molar-refractivity contribution is 0.588. The third kappa shape index (κ3) is 1.92. The summed E-state index contributed by atoms with van der Waals surface area (Å²) >= 11 is 0. The molecule has 0 atom stereocenters. The monoisotopic (exact) mass is 181 g/mol. The van der Waals surface area contributed by atoms with Crippen LogP contribution in [0.3, 0.4) is 0 Å². The largest absolute Gasteiger partial charge is 0.398 e. The Morgan fingerprint density at radius 1 is 1.42 bits per heavy atom. The van der Waals surface area contributed by atoms with E-state index >= 15 is 0 Å². The van der Waals surface area contributed by atoms with Gasteiger partial charge in [0.15, 0.2) is 0 Å². The minimum atomic E-state index is -2.21. The molecule has 0 heterocycles. The SMILES string of the molecule is Bc1ccc(N)c(P(C)(C)=O)c1. The Morgan fingerprint density at radius 2 is 2.00 bits per heavy atom. The molecule has 0 saturated carbocycles. The maximum Gasteiger partial charge on any atom is 0.139 e. The highest BCUT2D eigenvalue weighted by Gasteiger charge is 2.13. The van der Waals surface area contributed by atoms with Crippen LogP contribution in [-0.2, 0) is 4.57 Å². The van der Waals surface area contributed by atoms with Crippen molar-refractivity contribution in [3.63, 3.8) is 0 Å². The highest BCUT2D eigenvalue weighted by Crippen LogP contribution is 2.36. The van der Waals surface area contributed by atoms with E-state index < -0.39 is 7.14 Å². The summed E-state index contributed by atoms with van der Waals surface area (Å²) in [5.41, 5.74) is 7.44. The Labute approximate surface area is 73.9 Å². The van der Waals surface area contributed by atoms with Gasteiger partial charge in [0.25, 0.3) is 0 Å². The topological polar surface area (TPSA) is 43.1 Å². The summed E-state index contributed by atoms with van der Waals surface area (Å²) in [6, 6.07) is 5.63. The zero-order chi connectivity index (χ0) is 9.35. The van der Waals surface area contributed by atoms with Crippen molar-refractivity contribution in [3.8, 4) is 0 Å². The Bertz CT molecular complexity index is 345. The van der Waals surface area contributed by atoms with Crippen LogP contribution in [0.2, 0.25) is 0 Å². The molecule has 4 heteroatoms. The smallest absolute Gasteiger partial charge is 0.139 e. The number of nitrogens with two attached hydrogens (primary N) is 1. The normalized spacial score (nSPS) is 11.5. The molecule has 2 nitrogen and oxygen atoms in total. The lowest BCUT2D eigenvalue weighted by atomic mass is 9.96. The van der Waals surface area contributed by atoms with Crippen LogP contribution in [0.15, 0.2) is 18.2 Å². The van der Waals surface area contributed by atoms with Gasteiger partial charge in [-0.25, -0.2) is 0 Å². The number of rotatable bonds is 1. The van der Waals surface area contributed by atoms with Crippen molar-refractivity contribution < 1.29 is 4.57 Å².